The van der Waals surface area contributed by atoms with Gasteiger partial charge in [0.15, 0.2) is 0 Å². The van der Waals surface area contributed by atoms with Crippen LogP contribution in [-0.4, -0.2) is 19.6 Å². The first-order chi connectivity index (χ1) is 1.73. The van der Waals surface area contributed by atoms with E-state index >= 15 is 0 Å². The van der Waals surface area contributed by atoms with Gasteiger partial charge in [0.05, 0.1) is 27.2 Å². The van der Waals surface area contributed by atoms with Crippen molar-refractivity contribution in [2.75, 3.05) is 13.3 Å². The molecule has 0 atom stereocenters. The lowest BCUT2D eigenvalue weighted by Crippen LogP contribution is -1.35. The highest BCUT2D eigenvalue weighted by Crippen LogP contribution is 1.99. The molecule has 0 rings (SSSR count). The van der Waals surface area contributed by atoms with Crippen LogP contribution in [0.15, 0.2) is 0 Å². The Bertz CT molecular complexity index is 26.9. The van der Waals surface area contributed by atoms with Crippen LogP contribution in [0.4, 0.5) is 0 Å². The van der Waals surface area contributed by atoms with Crippen molar-refractivity contribution in [2.24, 2.45) is 0 Å². The molecule has 0 heterocycles. The van der Waals surface area contributed by atoms with E-state index in [2.05, 4.69) is 19.6 Å². The third kappa shape index (κ3) is 1450. The van der Waals surface area contributed by atoms with Gasteiger partial charge in [-0.05, 0) is 0 Å². The van der Waals surface area contributed by atoms with E-state index in [1.54, 1.807) is 0 Å². The summed E-state index contributed by atoms with van der Waals surface area (Å²) < 4.78 is 0. The Morgan fingerprint density at radius 1 is 1.17 bits per heavy atom. The van der Waals surface area contributed by atoms with Gasteiger partial charge in [0.1, 0.15) is 0 Å². The normalized spacial score (nSPS) is 4.33. The van der Waals surface area contributed by atoms with Gasteiger partial charge in [-0.1, -0.05) is 14.9 Å². The van der Waals surface area contributed by atoms with E-state index in [1.807, 2.05) is 0 Å². The zero-order chi connectivity index (χ0) is 3.58. The molecule has 0 aromatic carbocycles. The van der Waals surface area contributed by atoms with E-state index in [0.29, 0.717) is 0 Å². The van der Waals surface area contributed by atoms with Crippen LogP contribution < -0.4 is 0 Å². The average Bonchev–Trinajstić information content (AvgIpc) is 0.811. The zero-order valence-corrected chi connectivity index (χ0v) is 4.05. The quantitative estimate of drug-likeness (QED) is 0.417. The highest BCUT2D eigenvalue weighted by Gasteiger charge is 1.67. The van der Waals surface area contributed by atoms with Gasteiger partial charge in [-0.2, -0.15) is 0 Å². The second kappa shape index (κ2) is 8.95. The second-order valence-corrected chi connectivity index (χ2v) is 3.24. The largest absolute Gasteiger partial charge is 0.0951 e. The maximum absolute atomic E-state index is 3.70. The van der Waals surface area contributed by atoms with Crippen LogP contribution >= 0.6 is 7.55 Å². The van der Waals surface area contributed by atoms with Crippen molar-refractivity contribution in [3.8, 4) is 0 Å². The molecule has 0 unspecified atom stereocenters. The predicted octanol–water partition coefficient (Wildman–Crippen LogP) is 2.43. The van der Waals surface area contributed by atoms with E-state index in [-0.39, 0.29) is 22.4 Å². The molecular weight excluding hydrogens is 91.0 g/mol. The SMILES string of the molecule is C.C.C=[P+](C)C. The summed E-state index contributed by atoms with van der Waals surface area (Å²) in [7, 11) is 0.130. The molecule has 0 aliphatic carbocycles. The lowest BCUT2D eigenvalue weighted by Gasteiger charge is -1.49. The van der Waals surface area contributed by atoms with Crippen LogP contribution in [0.5, 0.6) is 0 Å². The molecule has 0 N–H and O–H groups in total. The molecule has 6 heavy (non-hydrogen) atoms. The first-order valence-corrected chi connectivity index (χ1v) is 3.63. The van der Waals surface area contributed by atoms with Crippen LogP contribution in [0.25, 0.3) is 0 Å². The fourth-order valence-corrected chi connectivity index (χ4v) is 0. The monoisotopic (exact) mass is 107 g/mol. The molecule has 0 spiro atoms. The minimum atomic E-state index is 0. The molecule has 0 aliphatic heterocycles. The predicted molar refractivity (Wildman–Crippen MR) is 39.4 cm³/mol. The van der Waals surface area contributed by atoms with Gasteiger partial charge >= 0.3 is 0 Å². The van der Waals surface area contributed by atoms with Crippen molar-refractivity contribution >= 4 is 13.8 Å². The first kappa shape index (κ1) is 16.4. The van der Waals surface area contributed by atoms with Crippen molar-refractivity contribution in [1.82, 2.24) is 0 Å². The molecular formula is C5H16P+. The Morgan fingerprint density at radius 2 is 1.17 bits per heavy atom. The molecule has 0 aromatic rings. The highest BCUT2D eigenvalue weighted by molar-refractivity contribution is 7.54. The van der Waals surface area contributed by atoms with Crippen molar-refractivity contribution in [2.45, 2.75) is 14.9 Å². The standard InChI is InChI=1S/C3H8P.2CH4/c1-4(2)3;;/h1H2,2-3H3;2*1H4/q+1;;. The summed E-state index contributed by atoms with van der Waals surface area (Å²) in [6.45, 7) is 4.24. The Labute approximate surface area is 43.0 Å². The van der Waals surface area contributed by atoms with Crippen molar-refractivity contribution in [3.63, 3.8) is 0 Å². The minimum absolute atomic E-state index is 0. The molecule has 0 amide bonds. The molecule has 0 bridgehead atoms. The summed E-state index contributed by atoms with van der Waals surface area (Å²) >= 11 is 0. The zero-order valence-electron chi connectivity index (χ0n) is 3.15. The van der Waals surface area contributed by atoms with Gasteiger partial charge in [0.2, 0.25) is 0 Å². The summed E-state index contributed by atoms with van der Waals surface area (Å²) in [5, 5.41) is 0. The topological polar surface area (TPSA) is 0 Å². The fraction of sp³-hybridized carbons (Fsp3) is 0.800. The third-order valence-electron chi connectivity index (χ3n) is 0. The van der Waals surface area contributed by atoms with Crippen LogP contribution in [-0.2, 0) is 0 Å². The second-order valence-electron chi connectivity index (χ2n) is 1.08. The molecule has 0 fully saturated rings. The Hall–Kier alpha value is 0.170. The van der Waals surface area contributed by atoms with Gasteiger partial charge in [-0.3, -0.25) is 0 Å². The average molecular weight is 107 g/mol. The van der Waals surface area contributed by atoms with Gasteiger partial charge in [0, 0.05) is 0 Å². The molecule has 0 aliphatic rings. The summed E-state index contributed by atoms with van der Waals surface area (Å²) in [6.07, 6.45) is 3.70. The van der Waals surface area contributed by atoms with E-state index in [1.165, 1.54) is 0 Å². The molecule has 1 heteroatoms. The van der Waals surface area contributed by atoms with Crippen LogP contribution in [0, 0.1) is 0 Å². The van der Waals surface area contributed by atoms with Crippen LogP contribution in [0.3, 0.4) is 0 Å². The van der Waals surface area contributed by atoms with Crippen molar-refractivity contribution < 1.29 is 0 Å². The summed E-state index contributed by atoms with van der Waals surface area (Å²) in [5.41, 5.74) is 0. The molecule has 40 valence electrons. The van der Waals surface area contributed by atoms with E-state index < -0.39 is 0 Å². The first-order valence-electron chi connectivity index (χ1n) is 1.21. The minimum Gasteiger partial charge on any atom is -0.0776 e. The fourth-order valence-electron chi connectivity index (χ4n) is 0. The lowest BCUT2D eigenvalue weighted by molar-refractivity contribution is 2.30. The Kier molecular flexibility index (Phi) is 24.5. The third-order valence-corrected chi connectivity index (χ3v) is 0. The maximum atomic E-state index is 3.70. The molecule has 0 aromatic heterocycles. The summed E-state index contributed by atoms with van der Waals surface area (Å²) in [6, 6.07) is 0. The smallest absolute Gasteiger partial charge is 0.0776 e. The molecule has 0 nitrogen and oxygen atoms in total. The Morgan fingerprint density at radius 3 is 1.17 bits per heavy atom. The van der Waals surface area contributed by atoms with Gasteiger partial charge in [0.25, 0.3) is 0 Å². The van der Waals surface area contributed by atoms with Crippen LogP contribution in [0.2, 0.25) is 0 Å². The summed E-state index contributed by atoms with van der Waals surface area (Å²) in [4.78, 5) is 0. The van der Waals surface area contributed by atoms with E-state index in [9.17, 15) is 0 Å². The van der Waals surface area contributed by atoms with Gasteiger partial charge < -0.3 is 0 Å². The van der Waals surface area contributed by atoms with Crippen molar-refractivity contribution in [1.29, 1.82) is 0 Å². The maximum Gasteiger partial charge on any atom is 0.0951 e. The van der Waals surface area contributed by atoms with Crippen LogP contribution in [0.1, 0.15) is 14.9 Å². The molecule has 0 radical (unpaired) electrons. The number of rotatable bonds is 0. The molecule has 0 saturated carbocycles. The highest BCUT2D eigenvalue weighted by atomic mass is 31.1. The van der Waals surface area contributed by atoms with E-state index in [0.717, 1.165) is 0 Å². The number of hydrogen-bond donors (Lipinski definition) is 0. The Balaban J connectivity index is -0.0000000450. The van der Waals surface area contributed by atoms with Gasteiger partial charge in [-0.25, -0.2) is 0 Å². The molecule has 0 saturated heterocycles. The lowest BCUT2D eigenvalue weighted by atomic mass is 11.9. The number of hydrogen-bond acceptors (Lipinski definition) is 0. The van der Waals surface area contributed by atoms with E-state index in [4.69, 9.17) is 0 Å². The van der Waals surface area contributed by atoms with Gasteiger partial charge in [-0.15, -0.1) is 0 Å². The summed E-state index contributed by atoms with van der Waals surface area (Å²) in [5.74, 6) is 0. The van der Waals surface area contributed by atoms with Crippen molar-refractivity contribution in [3.05, 3.63) is 0 Å².